The number of thiazole rings is 1. The van der Waals surface area contributed by atoms with Crippen molar-refractivity contribution in [2.75, 3.05) is 27.9 Å². The van der Waals surface area contributed by atoms with Gasteiger partial charge in [0, 0.05) is 6.08 Å². The third-order valence-electron chi connectivity index (χ3n) is 4.55. The number of fused-ring (bicyclic) bond motifs is 1. The predicted octanol–water partition coefficient (Wildman–Crippen LogP) is 3.57. The summed E-state index contributed by atoms with van der Waals surface area (Å²) in [5.41, 5.74) is 1.21. The SMILES string of the molecule is CCOC(=O)Cn1c(=NC(=O)/C=C\c2cc(OC)c(OC)c(OC)c2)sc2cc(F)ccc21. The van der Waals surface area contributed by atoms with E-state index < -0.39 is 17.7 Å². The van der Waals surface area contributed by atoms with Crippen LogP contribution < -0.4 is 19.0 Å². The lowest BCUT2D eigenvalue weighted by atomic mass is 10.1. The number of nitrogens with zero attached hydrogens (tertiary/aromatic N) is 2. The lowest BCUT2D eigenvalue weighted by Gasteiger charge is -2.12. The van der Waals surface area contributed by atoms with Crippen molar-refractivity contribution in [3.63, 3.8) is 0 Å². The van der Waals surface area contributed by atoms with Crippen molar-refractivity contribution in [1.29, 1.82) is 0 Å². The number of amides is 1. The summed E-state index contributed by atoms with van der Waals surface area (Å²) in [5.74, 6) is -0.144. The van der Waals surface area contributed by atoms with E-state index in [1.807, 2.05) is 0 Å². The zero-order valence-electron chi connectivity index (χ0n) is 18.6. The molecule has 0 aliphatic heterocycles. The van der Waals surface area contributed by atoms with E-state index >= 15 is 0 Å². The van der Waals surface area contributed by atoms with Gasteiger partial charge in [0.1, 0.15) is 12.4 Å². The van der Waals surface area contributed by atoms with Gasteiger partial charge in [-0.2, -0.15) is 4.99 Å². The Balaban J connectivity index is 1.98. The molecule has 33 heavy (non-hydrogen) atoms. The zero-order valence-corrected chi connectivity index (χ0v) is 19.4. The molecule has 10 heteroatoms. The summed E-state index contributed by atoms with van der Waals surface area (Å²) in [7, 11) is 4.50. The fraction of sp³-hybridized carbons (Fsp3) is 0.261. The third kappa shape index (κ3) is 5.58. The number of methoxy groups -OCH3 is 3. The molecule has 0 aliphatic carbocycles. The number of benzene rings is 2. The van der Waals surface area contributed by atoms with Gasteiger partial charge in [0.2, 0.25) is 5.75 Å². The molecule has 0 saturated carbocycles. The van der Waals surface area contributed by atoms with Crippen molar-refractivity contribution in [3.05, 3.63) is 52.6 Å². The van der Waals surface area contributed by atoms with E-state index in [1.165, 1.54) is 50.2 Å². The van der Waals surface area contributed by atoms with Crippen molar-refractivity contribution >= 4 is 39.5 Å². The molecule has 1 heterocycles. The van der Waals surface area contributed by atoms with E-state index in [0.29, 0.717) is 33.0 Å². The number of hydrogen-bond donors (Lipinski definition) is 0. The van der Waals surface area contributed by atoms with Crippen LogP contribution in [0.15, 0.2) is 41.4 Å². The smallest absolute Gasteiger partial charge is 0.326 e. The number of hydrogen-bond acceptors (Lipinski definition) is 7. The van der Waals surface area contributed by atoms with Gasteiger partial charge in [-0.3, -0.25) is 9.59 Å². The number of carbonyl (C=O) groups excluding carboxylic acids is 2. The first-order valence-electron chi connectivity index (χ1n) is 9.91. The van der Waals surface area contributed by atoms with Gasteiger partial charge in [0.15, 0.2) is 16.3 Å². The highest BCUT2D eigenvalue weighted by atomic mass is 32.1. The molecule has 0 bridgehead atoms. The van der Waals surface area contributed by atoms with E-state index in [1.54, 1.807) is 25.1 Å². The van der Waals surface area contributed by atoms with Crippen LogP contribution in [-0.4, -0.2) is 44.4 Å². The molecule has 0 radical (unpaired) electrons. The normalized spacial score (nSPS) is 11.7. The topological polar surface area (TPSA) is 88.4 Å². The average molecular weight is 475 g/mol. The van der Waals surface area contributed by atoms with E-state index in [9.17, 15) is 14.0 Å². The van der Waals surface area contributed by atoms with Crippen molar-refractivity contribution < 1.29 is 32.9 Å². The van der Waals surface area contributed by atoms with Crippen molar-refractivity contribution in [2.24, 2.45) is 4.99 Å². The van der Waals surface area contributed by atoms with E-state index in [0.717, 1.165) is 11.3 Å². The quantitative estimate of drug-likeness (QED) is 0.366. The highest BCUT2D eigenvalue weighted by molar-refractivity contribution is 7.16. The highest BCUT2D eigenvalue weighted by Gasteiger charge is 2.14. The Bertz CT molecular complexity index is 1250. The summed E-state index contributed by atoms with van der Waals surface area (Å²) in [4.78, 5) is 29.0. The lowest BCUT2D eigenvalue weighted by molar-refractivity contribution is -0.143. The summed E-state index contributed by atoms with van der Waals surface area (Å²) in [6, 6.07) is 7.53. The molecule has 0 unspecified atom stereocenters. The first-order chi connectivity index (χ1) is 15.9. The van der Waals surface area contributed by atoms with Gasteiger partial charge in [-0.05, 0) is 48.9 Å². The minimum Gasteiger partial charge on any atom is -0.493 e. The van der Waals surface area contributed by atoms with Gasteiger partial charge >= 0.3 is 5.97 Å². The standard InChI is InChI=1S/C23H23FN2O6S/c1-5-32-21(28)13-26-16-8-7-15(24)12-19(16)33-23(26)25-20(27)9-6-14-10-17(29-2)22(31-4)18(11-14)30-3/h6-12H,5,13H2,1-4H3/b9-6-,25-23?. The average Bonchev–Trinajstić information content (AvgIpc) is 3.12. The van der Waals surface area contributed by atoms with Gasteiger partial charge in [-0.25, -0.2) is 4.39 Å². The molecular weight excluding hydrogens is 451 g/mol. The Morgan fingerprint density at radius 2 is 1.79 bits per heavy atom. The minimum atomic E-state index is -0.562. The Labute approximate surface area is 193 Å². The molecule has 1 aromatic heterocycles. The molecule has 3 rings (SSSR count). The van der Waals surface area contributed by atoms with Crippen LogP contribution in [0.25, 0.3) is 16.3 Å². The molecular formula is C23H23FN2O6S. The molecule has 0 fully saturated rings. The fourth-order valence-electron chi connectivity index (χ4n) is 3.12. The second kappa shape index (κ2) is 10.8. The van der Waals surface area contributed by atoms with Gasteiger partial charge < -0.3 is 23.5 Å². The van der Waals surface area contributed by atoms with Gasteiger partial charge in [-0.15, -0.1) is 0 Å². The second-order valence-corrected chi connectivity index (χ2v) is 7.64. The zero-order chi connectivity index (χ0) is 24.0. The van der Waals surface area contributed by atoms with Crippen LogP contribution in [0.4, 0.5) is 4.39 Å². The highest BCUT2D eigenvalue weighted by Crippen LogP contribution is 2.38. The molecule has 3 aromatic rings. The van der Waals surface area contributed by atoms with Crippen LogP contribution >= 0.6 is 11.3 Å². The largest absolute Gasteiger partial charge is 0.493 e. The van der Waals surface area contributed by atoms with Gasteiger partial charge in [0.25, 0.3) is 5.91 Å². The monoisotopic (exact) mass is 474 g/mol. The maximum absolute atomic E-state index is 13.7. The van der Waals surface area contributed by atoms with Crippen molar-refractivity contribution in [1.82, 2.24) is 4.57 Å². The van der Waals surface area contributed by atoms with Crippen LogP contribution in [0, 0.1) is 5.82 Å². The molecule has 1 amide bonds. The first kappa shape index (κ1) is 24.0. The second-order valence-electron chi connectivity index (χ2n) is 6.63. The van der Waals surface area contributed by atoms with E-state index in [-0.39, 0.29) is 18.0 Å². The Kier molecular flexibility index (Phi) is 7.83. The number of carbonyl (C=O) groups is 2. The summed E-state index contributed by atoms with van der Waals surface area (Å²) in [6.07, 6.45) is 2.83. The number of aromatic nitrogens is 1. The Hall–Kier alpha value is -3.66. The van der Waals surface area contributed by atoms with E-state index in [4.69, 9.17) is 18.9 Å². The number of rotatable bonds is 8. The molecule has 0 spiro atoms. The number of ether oxygens (including phenoxy) is 4. The number of halogens is 1. The maximum Gasteiger partial charge on any atom is 0.326 e. The van der Waals surface area contributed by atoms with Crippen LogP contribution in [-0.2, 0) is 20.9 Å². The molecule has 0 aliphatic rings. The molecule has 0 N–H and O–H groups in total. The van der Waals surface area contributed by atoms with Crippen molar-refractivity contribution in [3.8, 4) is 17.2 Å². The fourth-order valence-corrected chi connectivity index (χ4v) is 4.18. The van der Waals surface area contributed by atoms with Gasteiger partial charge in [-0.1, -0.05) is 11.3 Å². The van der Waals surface area contributed by atoms with Crippen LogP contribution in [0.3, 0.4) is 0 Å². The molecule has 0 atom stereocenters. The molecule has 174 valence electrons. The summed E-state index contributed by atoms with van der Waals surface area (Å²) >= 11 is 1.10. The Morgan fingerprint density at radius 1 is 1.09 bits per heavy atom. The molecule has 2 aromatic carbocycles. The maximum atomic E-state index is 13.7. The molecule has 8 nitrogen and oxygen atoms in total. The third-order valence-corrected chi connectivity index (χ3v) is 5.59. The van der Waals surface area contributed by atoms with Gasteiger partial charge in [0.05, 0.1) is 38.2 Å². The first-order valence-corrected chi connectivity index (χ1v) is 10.7. The van der Waals surface area contributed by atoms with E-state index in [2.05, 4.69) is 4.99 Å². The summed E-state index contributed by atoms with van der Waals surface area (Å²) < 4.78 is 36.7. The lowest BCUT2D eigenvalue weighted by Crippen LogP contribution is -2.22. The van der Waals surface area contributed by atoms with Crippen molar-refractivity contribution in [2.45, 2.75) is 13.5 Å². The minimum absolute atomic E-state index is 0.151. The van der Waals surface area contributed by atoms with Crippen LogP contribution in [0.2, 0.25) is 0 Å². The number of esters is 1. The summed E-state index contributed by atoms with van der Waals surface area (Å²) in [5, 5.41) is 0. The summed E-state index contributed by atoms with van der Waals surface area (Å²) in [6.45, 7) is 1.77. The van der Waals surface area contributed by atoms with Crippen LogP contribution in [0.1, 0.15) is 12.5 Å². The van der Waals surface area contributed by atoms with Crippen LogP contribution in [0.5, 0.6) is 17.2 Å². The Morgan fingerprint density at radius 3 is 2.39 bits per heavy atom. The molecule has 0 saturated heterocycles. The predicted molar refractivity (Wildman–Crippen MR) is 122 cm³/mol.